The van der Waals surface area contributed by atoms with E-state index in [1.54, 1.807) is 13.2 Å². The van der Waals surface area contributed by atoms with Gasteiger partial charge >= 0.3 is 0 Å². The minimum Gasteiger partial charge on any atom is -0.496 e. The molecule has 1 aromatic carbocycles. The summed E-state index contributed by atoms with van der Waals surface area (Å²) >= 11 is 5.99. The van der Waals surface area contributed by atoms with Gasteiger partial charge in [-0.15, -0.1) is 0 Å². The Bertz CT molecular complexity index is 372. The van der Waals surface area contributed by atoms with Gasteiger partial charge in [0.2, 0.25) is 0 Å². The zero-order valence-corrected chi connectivity index (χ0v) is 10.9. The molecule has 1 unspecified atom stereocenters. The molecule has 0 heterocycles. The van der Waals surface area contributed by atoms with Gasteiger partial charge in [-0.1, -0.05) is 30.9 Å². The lowest BCUT2D eigenvalue weighted by atomic mass is 9.82. The van der Waals surface area contributed by atoms with E-state index in [-0.39, 0.29) is 0 Å². The fourth-order valence-electron chi connectivity index (χ4n) is 2.64. The highest BCUT2D eigenvalue weighted by Crippen LogP contribution is 2.38. The fraction of sp³-hybridized carbons (Fsp3) is 0.571. The SMILES string of the molecule is COc1ccc(Cl)cc1C(O)C1CCCCC1. The lowest BCUT2D eigenvalue weighted by Crippen LogP contribution is -2.16. The van der Waals surface area contributed by atoms with Crippen molar-refractivity contribution in [1.29, 1.82) is 0 Å². The minimum atomic E-state index is -0.455. The van der Waals surface area contributed by atoms with Crippen LogP contribution in [0, 0.1) is 5.92 Å². The molecular formula is C14H19ClO2. The van der Waals surface area contributed by atoms with E-state index in [1.807, 2.05) is 12.1 Å². The first-order valence-corrected chi connectivity index (χ1v) is 6.61. The summed E-state index contributed by atoms with van der Waals surface area (Å²) in [6.45, 7) is 0. The van der Waals surface area contributed by atoms with Crippen LogP contribution in [0.4, 0.5) is 0 Å². The summed E-state index contributed by atoms with van der Waals surface area (Å²) in [5, 5.41) is 11.1. The normalized spacial score (nSPS) is 19.0. The van der Waals surface area contributed by atoms with E-state index in [9.17, 15) is 5.11 Å². The molecule has 0 radical (unpaired) electrons. The maximum absolute atomic E-state index is 10.4. The van der Waals surface area contributed by atoms with Crippen LogP contribution in [0.1, 0.15) is 43.8 Å². The molecule has 2 rings (SSSR count). The summed E-state index contributed by atoms with van der Waals surface area (Å²) in [4.78, 5) is 0. The topological polar surface area (TPSA) is 29.5 Å². The molecule has 1 N–H and O–H groups in total. The quantitative estimate of drug-likeness (QED) is 0.885. The van der Waals surface area contributed by atoms with Crippen LogP contribution in [0.5, 0.6) is 5.75 Å². The Morgan fingerprint density at radius 3 is 2.65 bits per heavy atom. The number of hydrogen-bond donors (Lipinski definition) is 1. The Morgan fingerprint density at radius 2 is 2.00 bits per heavy atom. The first kappa shape index (κ1) is 12.7. The standard InChI is InChI=1S/C14H19ClO2/c1-17-13-8-7-11(15)9-12(13)14(16)10-5-3-2-4-6-10/h7-10,14,16H,2-6H2,1H3. The Labute approximate surface area is 108 Å². The first-order chi connectivity index (χ1) is 8.22. The summed E-state index contributed by atoms with van der Waals surface area (Å²) in [5.41, 5.74) is 0.826. The van der Waals surface area contributed by atoms with Crippen LogP contribution < -0.4 is 4.74 Å². The molecule has 1 atom stereocenters. The third-order valence-corrected chi connectivity index (χ3v) is 3.84. The molecule has 0 spiro atoms. The third kappa shape index (κ3) is 2.93. The van der Waals surface area contributed by atoms with Gasteiger partial charge in [-0.05, 0) is 37.0 Å². The van der Waals surface area contributed by atoms with Gasteiger partial charge in [-0.2, -0.15) is 0 Å². The summed E-state index contributed by atoms with van der Waals surface area (Å²) in [6.07, 6.45) is 5.45. The van der Waals surface area contributed by atoms with E-state index < -0.39 is 6.10 Å². The largest absolute Gasteiger partial charge is 0.496 e. The molecule has 2 nitrogen and oxygen atoms in total. The molecule has 0 amide bonds. The number of hydrogen-bond acceptors (Lipinski definition) is 2. The van der Waals surface area contributed by atoms with Gasteiger partial charge in [0.15, 0.2) is 0 Å². The summed E-state index contributed by atoms with van der Waals surface area (Å²) < 4.78 is 5.29. The van der Waals surface area contributed by atoms with Crippen LogP contribution in [0.2, 0.25) is 5.02 Å². The Kier molecular flexibility index (Phi) is 4.30. The second-order valence-electron chi connectivity index (χ2n) is 4.73. The van der Waals surface area contributed by atoms with Gasteiger partial charge in [-0.25, -0.2) is 0 Å². The number of aliphatic hydroxyl groups excluding tert-OH is 1. The monoisotopic (exact) mass is 254 g/mol. The third-order valence-electron chi connectivity index (χ3n) is 3.61. The van der Waals surface area contributed by atoms with Crippen molar-refractivity contribution in [2.75, 3.05) is 7.11 Å². The smallest absolute Gasteiger partial charge is 0.124 e. The maximum Gasteiger partial charge on any atom is 0.124 e. The van der Waals surface area contributed by atoms with E-state index in [0.29, 0.717) is 10.9 Å². The second-order valence-corrected chi connectivity index (χ2v) is 5.17. The first-order valence-electron chi connectivity index (χ1n) is 6.24. The van der Waals surface area contributed by atoms with E-state index >= 15 is 0 Å². The predicted molar refractivity (Wildman–Crippen MR) is 69.5 cm³/mol. The molecule has 94 valence electrons. The van der Waals surface area contributed by atoms with Gasteiger partial charge < -0.3 is 9.84 Å². The van der Waals surface area contributed by atoms with Crippen molar-refractivity contribution in [3.8, 4) is 5.75 Å². The summed E-state index contributed by atoms with van der Waals surface area (Å²) in [5.74, 6) is 1.07. The Morgan fingerprint density at radius 1 is 1.29 bits per heavy atom. The molecule has 17 heavy (non-hydrogen) atoms. The average Bonchev–Trinajstić information content (AvgIpc) is 2.39. The molecule has 0 bridgehead atoms. The fourth-order valence-corrected chi connectivity index (χ4v) is 2.82. The number of rotatable bonds is 3. The van der Waals surface area contributed by atoms with Crippen molar-refractivity contribution in [3.05, 3.63) is 28.8 Å². The zero-order chi connectivity index (χ0) is 12.3. The molecule has 1 saturated carbocycles. The molecule has 1 aliphatic carbocycles. The number of benzene rings is 1. The van der Waals surface area contributed by atoms with E-state index in [2.05, 4.69) is 0 Å². The van der Waals surface area contributed by atoms with Crippen molar-refractivity contribution >= 4 is 11.6 Å². The van der Waals surface area contributed by atoms with Gasteiger partial charge in [0.1, 0.15) is 5.75 Å². The van der Waals surface area contributed by atoms with Gasteiger partial charge in [0.05, 0.1) is 13.2 Å². The van der Waals surface area contributed by atoms with Crippen LogP contribution in [0.15, 0.2) is 18.2 Å². The Balaban J connectivity index is 2.21. The number of aliphatic hydroxyl groups is 1. The van der Waals surface area contributed by atoms with Gasteiger partial charge in [0.25, 0.3) is 0 Å². The van der Waals surface area contributed by atoms with Crippen LogP contribution >= 0.6 is 11.6 Å². The minimum absolute atomic E-state index is 0.344. The number of halogens is 1. The van der Waals surface area contributed by atoms with Crippen molar-refractivity contribution in [2.24, 2.45) is 5.92 Å². The molecule has 0 aliphatic heterocycles. The zero-order valence-electron chi connectivity index (χ0n) is 10.2. The van der Waals surface area contributed by atoms with Crippen molar-refractivity contribution in [1.82, 2.24) is 0 Å². The molecule has 3 heteroatoms. The lowest BCUT2D eigenvalue weighted by molar-refractivity contribution is 0.0825. The highest BCUT2D eigenvalue weighted by atomic mass is 35.5. The summed E-state index contributed by atoms with van der Waals surface area (Å²) in [6, 6.07) is 5.43. The molecule has 1 fully saturated rings. The van der Waals surface area contributed by atoms with Crippen LogP contribution in [0.25, 0.3) is 0 Å². The molecule has 1 aromatic rings. The highest BCUT2D eigenvalue weighted by molar-refractivity contribution is 6.30. The van der Waals surface area contributed by atoms with Gasteiger partial charge in [0, 0.05) is 10.6 Å². The van der Waals surface area contributed by atoms with Gasteiger partial charge in [-0.3, -0.25) is 0 Å². The Hall–Kier alpha value is -0.730. The van der Waals surface area contributed by atoms with E-state index in [1.165, 1.54) is 19.3 Å². The average molecular weight is 255 g/mol. The van der Waals surface area contributed by atoms with Crippen LogP contribution in [0.3, 0.4) is 0 Å². The number of methoxy groups -OCH3 is 1. The molecule has 1 aliphatic rings. The molecule has 0 saturated heterocycles. The number of ether oxygens (including phenoxy) is 1. The summed E-state index contributed by atoms with van der Waals surface area (Å²) in [7, 11) is 1.63. The highest BCUT2D eigenvalue weighted by Gasteiger charge is 2.25. The predicted octanol–water partition coefficient (Wildman–Crippen LogP) is 3.96. The second kappa shape index (κ2) is 5.74. The molecule has 0 aromatic heterocycles. The lowest BCUT2D eigenvalue weighted by Gasteiger charge is -2.27. The van der Waals surface area contributed by atoms with E-state index in [0.717, 1.165) is 24.2 Å². The van der Waals surface area contributed by atoms with E-state index in [4.69, 9.17) is 16.3 Å². The molecular weight excluding hydrogens is 236 g/mol. The van der Waals surface area contributed by atoms with Crippen LogP contribution in [-0.4, -0.2) is 12.2 Å². The van der Waals surface area contributed by atoms with Crippen molar-refractivity contribution in [2.45, 2.75) is 38.2 Å². The van der Waals surface area contributed by atoms with Crippen molar-refractivity contribution in [3.63, 3.8) is 0 Å². The van der Waals surface area contributed by atoms with Crippen LogP contribution in [-0.2, 0) is 0 Å². The maximum atomic E-state index is 10.4. The van der Waals surface area contributed by atoms with Crippen molar-refractivity contribution < 1.29 is 9.84 Å².